The van der Waals surface area contributed by atoms with Crippen LogP contribution in [-0.4, -0.2) is 0 Å². The van der Waals surface area contributed by atoms with Gasteiger partial charge in [0, 0.05) is 17.7 Å². The van der Waals surface area contributed by atoms with Crippen LogP contribution >= 0.6 is 11.6 Å². The van der Waals surface area contributed by atoms with Crippen molar-refractivity contribution < 1.29 is 13.2 Å². The lowest BCUT2D eigenvalue weighted by Gasteiger charge is -2.10. The fourth-order valence-electron chi connectivity index (χ4n) is 1.44. The summed E-state index contributed by atoms with van der Waals surface area (Å²) in [5.74, 6) is -2.57. The van der Waals surface area contributed by atoms with E-state index in [0.717, 1.165) is 12.8 Å². The SMILES string of the molecule is Fc1cc(F)c(C(Cl)C2CC2)c(F)c1. The lowest BCUT2D eigenvalue weighted by atomic mass is 10.1. The number of benzene rings is 1. The summed E-state index contributed by atoms with van der Waals surface area (Å²) in [6.45, 7) is 0. The van der Waals surface area contributed by atoms with E-state index < -0.39 is 22.8 Å². The molecule has 14 heavy (non-hydrogen) atoms. The van der Waals surface area contributed by atoms with Crippen molar-refractivity contribution in [2.45, 2.75) is 18.2 Å². The van der Waals surface area contributed by atoms with Crippen molar-refractivity contribution in [3.8, 4) is 0 Å². The van der Waals surface area contributed by atoms with Crippen molar-refractivity contribution in [2.75, 3.05) is 0 Å². The van der Waals surface area contributed by atoms with Crippen molar-refractivity contribution in [2.24, 2.45) is 5.92 Å². The van der Waals surface area contributed by atoms with Crippen LogP contribution in [0.25, 0.3) is 0 Å². The van der Waals surface area contributed by atoms with Gasteiger partial charge in [-0.2, -0.15) is 0 Å². The summed E-state index contributed by atoms with van der Waals surface area (Å²) < 4.78 is 38.9. The summed E-state index contributed by atoms with van der Waals surface area (Å²) in [7, 11) is 0. The van der Waals surface area contributed by atoms with Crippen molar-refractivity contribution in [1.82, 2.24) is 0 Å². The number of hydrogen-bond acceptors (Lipinski definition) is 0. The molecule has 76 valence electrons. The van der Waals surface area contributed by atoms with Gasteiger partial charge in [0.05, 0.1) is 5.38 Å². The molecule has 0 amide bonds. The van der Waals surface area contributed by atoms with Gasteiger partial charge in [-0.15, -0.1) is 11.6 Å². The lowest BCUT2D eigenvalue weighted by Crippen LogP contribution is -2.02. The zero-order chi connectivity index (χ0) is 10.3. The van der Waals surface area contributed by atoms with Gasteiger partial charge >= 0.3 is 0 Å². The Hall–Kier alpha value is -0.700. The molecule has 2 rings (SSSR count). The molecule has 4 heteroatoms. The summed E-state index contributed by atoms with van der Waals surface area (Å²) in [6, 6.07) is 1.33. The topological polar surface area (TPSA) is 0 Å². The summed E-state index contributed by atoms with van der Waals surface area (Å²) in [6.07, 6.45) is 1.76. The quantitative estimate of drug-likeness (QED) is 0.665. The minimum absolute atomic E-state index is 0.131. The third-order valence-corrected chi connectivity index (χ3v) is 2.93. The van der Waals surface area contributed by atoms with Crippen LogP contribution in [0.4, 0.5) is 13.2 Å². The maximum atomic E-state index is 13.2. The molecule has 1 unspecified atom stereocenters. The van der Waals surface area contributed by atoms with E-state index in [1.807, 2.05) is 0 Å². The molecule has 0 aromatic heterocycles. The molecule has 0 N–H and O–H groups in total. The highest BCUT2D eigenvalue weighted by Gasteiger charge is 2.34. The van der Waals surface area contributed by atoms with Gasteiger partial charge in [-0.05, 0) is 18.8 Å². The van der Waals surface area contributed by atoms with E-state index in [0.29, 0.717) is 12.1 Å². The first-order valence-corrected chi connectivity index (χ1v) is 4.81. The zero-order valence-electron chi connectivity index (χ0n) is 7.24. The Morgan fingerprint density at radius 2 is 1.64 bits per heavy atom. The third kappa shape index (κ3) is 1.73. The summed E-state index contributed by atoms with van der Waals surface area (Å²) in [5.41, 5.74) is -0.199. The predicted octanol–water partition coefficient (Wildman–Crippen LogP) is 3.79. The average molecular weight is 221 g/mol. The van der Waals surface area contributed by atoms with Crippen LogP contribution in [0, 0.1) is 23.4 Å². The molecule has 0 heterocycles. The Morgan fingerprint density at radius 1 is 1.14 bits per heavy atom. The summed E-state index contributed by atoms with van der Waals surface area (Å²) >= 11 is 5.86. The Morgan fingerprint density at radius 3 is 2.07 bits per heavy atom. The Bertz CT molecular complexity index is 337. The first kappa shape index (κ1) is 9.84. The third-order valence-electron chi connectivity index (χ3n) is 2.36. The molecule has 1 aliphatic carbocycles. The standard InChI is InChI=1S/C10H8ClF3/c11-10(5-1-2-5)9-7(13)3-6(12)4-8(9)14/h3-5,10H,1-2H2. The summed E-state index contributed by atoms with van der Waals surface area (Å²) in [5, 5.41) is -0.671. The summed E-state index contributed by atoms with van der Waals surface area (Å²) in [4.78, 5) is 0. The highest BCUT2D eigenvalue weighted by atomic mass is 35.5. The first-order chi connectivity index (χ1) is 6.59. The molecule has 1 aromatic carbocycles. The molecule has 1 atom stereocenters. The molecule has 0 nitrogen and oxygen atoms in total. The van der Waals surface area contributed by atoms with Crippen LogP contribution in [0.2, 0.25) is 0 Å². The Balaban J connectivity index is 2.40. The largest absolute Gasteiger partial charge is 0.207 e. The average Bonchev–Trinajstić information content (AvgIpc) is 2.83. The maximum Gasteiger partial charge on any atom is 0.133 e. The molecule has 1 aromatic rings. The van der Waals surface area contributed by atoms with Crippen LogP contribution in [0.1, 0.15) is 23.8 Å². The van der Waals surface area contributed by atoms with Crippen LogP contribution in [-0.2, 0) is 0 Å². The van der Waals surface area contributed by atoms with Gasteiger partial charge in [-0.25, -0.2) is 13.2 Å². The smallest absolute Gasteiger partial charge is 0.133 e. The van der Waals surface area contributed by atoms with Crippen molar-refractivity contribution in [3.63, 3.8) is 0 Å². The molecule has 1 saturated carbocycles. The zero-order valence-corrected chi connectivity index (χ0v) is 7.99. The lowest BCUT2D eigenvalue weighted by molar-refractivity contribution is 0.514. The molecule has 1 aliphatic rings. The van der Waals surface area contributed by atoms with E-state index >= 15 is 0 Å². The van der Waals surface area contributed by atoms with Crippen molar-refractivity contribution in [1.29, 1.82) is 0 Å². The Labute approximate surface area is 84.7 Å². The van der Waals surface area contributed by atoms with Gasteiger partial charge < -0.3 is 0 Å². The van der Waals surface area contributed by atoms with Gasteiger partial charge in [0.25, 0.3) is 0 Å². The second-order valence-electron chi connectivity index (χ2n) is 3.52. The van der Waals surface area contributed by atoms with Crippen molar-refractivity contribution >= 4 is 11.6 Å². The number of hydrogen-bond donors (Lipinski definition) is 0. The maximum absolute atomic E-state index is 13.2. The van der Waals surface area contributed by atoms with Crippen LogP contribution < -0.4 is 0 Å². The van der Waals surface area contributed by atoms with Gasteiger partial charge in [0.1, 0.15) is 17.5 Å². The minimum atomic E-state index is -0.914. The van der Waals surface area contributed by atoms with Crippen LogP contribution in [0.5, 0.6) is 0 Å². The number of halogens is 4. The van der Waals surface area contributed by atoms with E-state index in [2.05, 4.69) is 0 Å². The molecule has 0 radical (unpaired) electrons. The molecule has 0 spiro atoms. The molecule has 0 bridgehead atoms. The molecular formula is C10H8ClF3. The van der Waals surface area contributed by atoms with Crippen LogP contribution in [0.3, 0.4) is 0 Å². The normalized spacial score (nSPS) is 18.3. The highest BCUT2D eigenvalue weighted by molar-refractivity contribution is 6.21. The molecule has 1 fully saturated rings. The highest BCUT2D eigenvalue weighted by Crippen LogP contribution is 2.46. The van der Waals surface area contributed by atoms with Gasteiger partial charge in [-0.3, -0.25) is 0 Å². The Kier molecular flexibility index (Phi) is 2.43. The second-order valence-corrected chi connectivity index (χ2v) is 3.99. The van der Waals surface area contributed by atoms with Crippen LogP contribution in [0.15, 0.2) is 12.1 Å². The predicted molar refractivity (Wildman–Crippen MR) is 47.6 cm³/mol. The van der Waals surface area contributed by atoms with E-state index in [4.69, 9.17) is 11.6 Å². The van der Waals surface area contributed by atoms with Gasteiger partial charge in [0.2, 0.25) is 0 Å². The van der Waals surface area contributed by atoms with Crippen molar-refractivity contribution in [3.05, 3.63) is 35.1 Å². The molecule has 0 saturated heterocycles. The monoisotopic (exact) mass is 220 g/mol. The van der Waals surface area contributed by atoms with E-state index in [1.54, 1.807) is 0 Å². The second kappa shape index (κ2) is 3.46. The molecular weight excluding hydrogens is 213 g/mol. The van der Waals surface area contributed by atoms with E-state index in [1.165, 1.54) is 0 Å². The fourth-order valence-corrected chi connectivity index (χ4v) is 1.90. The number of rotatable bonds is 2. The first-order valence-electron chi connectivity index (χ1n) is 4.38. The van der Waals surface area contributed by atoms with Gasteiger partial charge in [-0.1, -0.05) is 0 Å². The minimum Gasteiger partial charge on any atom is -0.207 e. The van der Waals surface area contributed by atoms with E-state index in [9.17, 15) is 13.2 Å². The van der Waals surface area contributed by atoms with Gasteiger partial charge in [0.15, 0.2) is 0 Å². The molecule has 0 aliphatic heterocycles. The number of alkyl halides is 1. The van der Waals surface area contributed by atoms with E-state index in [-0.39, 0.29) is 11.5 Å². The fraction of sp³-hybridized carbons (Fsp3) is 0.400.